The third-order valence-corrected chi connectivity index (χ3v) is 4.95. The molecule has 0 unspecified atom stereocenters. The first-order valence-corrected chi connectivity index (χ1v) is 8.16. The summed E-state index contributed by atoms with van der Waals surface area (Å²) >= 11 is 0. The van der Waals surface area contributed by atoms with Crippen LogP contribution in [-0.4, -0.2) is 23.3 Å². The van der Waals surface area contributed by atoms with Crippen LogP contribution in [0.15, 0.2) is 0 Å². The van der Waals surface area contributed by atoms with Gasteiger partial charge in [0.25, 0.3) is 0 Å². The minimum atomic E-state index is -0.778. The Labute approximate surface area is 145 Å². The smallest absolute Gasteiger partial charge is 0.105 e. The van der Waals surface area contributed by atoms with Crippen molar-refractivity contribution in [3.8, 4) is 0 Å². The predicted octanol–water partition coefficient (Wildman–Crippen LogP) is 1.82. The van der Waals surface area contributed by atoms with E-state index in [1.54, 1.807) is 0 Å². The van der Waals surface area contributed by atoms with Gasteiger partial charge in [0.1, 0.15) is 23.3 Å². The fourth-order valence-electron chi connectivity index (χ4n) is 3.21. The van der Waals surface area contributed by atoms with E-state index in [1.165, 1.54) is 0 Å². The molecule has 0 aliphatic rings. The molecule has 0 bridgehead atoms. The summed E-state index contributed by atoms with van der Waals surface area (Å²) in [5, 5.41) is 29.7. The second-order valence-electron chi connectivity index (χ2n) is 6.62. The van der Waals surface area contributed by atoms with Crippen molar-refractivity contribution < 1.29 is 0 Å². The van der Waals surface area contributed by atoms with Gasteiger partial charge in [-0.25, -0.2) is 0 Å². The Balaban J connectivity index is 0. The summed E-state index contributed by atoms with van der Waals surface area (Å²) in [7, 11) is 0. The van der Waals surface area contributed by atoms with Crippen LogP contribution in [-0.2, 0) is 0 Å². The molecule has 0 fully saturated rings. The van der Waals surface area contributed by atoms with Gasteiger partial charge in [0.2, 0.25) is 0 Å². The minimum Gasteiger partial charge on any atom is -0.387 e. The van der Waals surface area contributed by atoms with Gasteiger partial charge in [-0.05, 0) is 24.7 Å². The lowest BCUT2D eigenvalue weighted by molar-refractivity contribution is 0.296. The standard InChI is InChI=1S/C9H20N4.C7H16N4/c1-5(2)9(6(3)4,7(10)11)8(12)13;1-3-7(4-2,5(8)9)6(10)11/h5-6H,1-4H3,(H3,10,11)(H3,12,13);3-4H2,1-2H3,(H3,8,9)(H3,10,11). The van der Waals surface area contributed by atoms with Gasteiger partial charge in [0.15, 0.2) is 0 Å². The van der Waals surface area contributed by atoms with E-state index < -0.39 is 10.8 Å². The van der Waals surface area contributed by atoms with E-state index in [-0.39, 0.29) is 35.2 Å². The van der Waals surface area contributed by atoms with E-state index in [9.17, 15) is 0 Å². The van der Waals surface area contributed by atoms with Crippen molar-refractivity contribution >= 4 is 23.3 Å². The first-order chi connectivity index (χ1) is 10.8. The van der Waals surface area contributed by atoms with Crippen LogP contribution in [0.2, 0.25) is 0 Å². The van der Waals surface area contributed by atoms with Gasteiger partial charge in [-0.1, -0.05) is 41.5 Å². The molecule has 0 rings (SSSR count). The summed E-state index contributed by atoms with van der Waals surface area (Å²) in [6.07, 6.45) is 1.24. The molecule has 0 atom stereocenters. The summed E-state index contributed by atoms with van der Waals surface area (Å²) in [5.41, 5.74) is 20.3. The quantitative estimate of drug-likeness (QED) is 0.246. The molecule has 0 aromatic rings. The minimum absolute atomic E-state index is 0.00463. The van der Waals surface area contributed by atoms with Gasteiger partial charge in [0, 0.05) is 0 Å². The molecular weight excluding hydrogens is 304 g/mol. The van der Waals surface area contributed by atoms with Gasteiger partial charge in [-0.15, -0.1) is 0 Å². The largest absolute Gasteiger partial charge is 0.387 e. The molecule has 0 aliphatic carbocycles. The Kier molecular flexibility index (Phi) is 9.30. The van der Waals surface area contributed by atoms with Gasteiger partial charge in [-0.3, -0.25) is 21.6 Å². The molecule has 0 amide bonds. The molecule has 0 saturated carbocycles. The fraction of sp³-hybridized carbons (Fsp3) is 0.750. The SMILES string of the molecule is CC(C)C(C(=N)N)(C(=N)N)C(C)C.CCC(CC)(C(=N)N)C(=N)N. The van der Waals surface area contributed by atoms with Crippen LogP contribution < -0.4 is 22.9 Å². The molecule has 0 spiro atoms. The van der Waals surface area contributed by atoms with Gasteiger partial charge >= 0.3 is 0 Å². The Morgan fingerprint density at radius 2 is 0.917 bits per heavy atom. The lowest BCUT2D eigenvalue weighted by Crippen LogP contribution is -2.54. The number of hydrogen-bond donors (Lipinski definition) is 8. The highest BCUT2D eigenvalue weighted by molar-refractivity contribution is 6.07. The zero-order valence-electron chi connectivity index (χ0n) is 15.9. The Bertz CT molecular complexity index is 434. The van der Waals surface area contributed by atoms with Crippen molar-refractivity contribution in [2.45, 2.75) is 54.4 Å². The van der Waals surface area contributed by atoms with Crippen molar-refractivity contribution in [1.29, 1.82) is 21.6 Å². The number of hydrogen-bond acceptors (Lipinski definition) is 4. The summed E-state index contributed by atoms with van der Waals surface area (Å²) < 4.78 is 0. The number of nitrogens with one attached hydrogen (secondary N) is 4. The van der Waals surface area contributed by atoms with Crippen LogP contribution in [0.25, 0.3) is 0 Å². The van der Waals surface area contributed by atoms with E-state index in [0.717, 1.165) is 0 Å². The molecular formula is C16H36N8. The monoisotopic (exact) mass is 340 g/mol. The Morgan fingerprint density at radius 3 is 0.917 bits per heavy atom. The van der Waals surface area contributed by atoms with Gasteiger partial charge < -0.3 is 22.9 Å². The Morgan fingerprint density at radius 1 is 0.667 bits per heavy atom. The molecule has 24 heavy (non-hydrogen) atoms. The molecule has 0 radical (unpaired) electrons. The van der Waals surface area contributed by atoms with Crippen molar-refractivity contribution in [2.75, 3.05) is 0 Å². The first-order valence-electron chi connectivity index (χ1n) is 8.16. The number of nitrogens with two attached hydrogens (primary N) is 4. The van der Waals surface area contributed by atoms with Gasteiger partial charge in [0.05, 0.1) is 10.8 Å². The molecule has 0 aliphatic heterocycles. The van der Waals surface area contributed by atoms with E-state index in [4.69, 9.17) is 44.6 Å². The first kappa shape index (κ1) is 24.1. The molecule has 8 nitrogen and oxygen atoms in total. The zero-order valence-corrected chi connectivity index (χ0v) is 15.9. The molecule has 8 heteroatoms. The number of amidine groups is 4. The Hall–Kier alpha value is -2.12. The van der Waals surface area contributed by atoms with Crippen LogP contribution in [0, 0.1) is 44.3 Å². The van der Waals surface area contributed by atoms with Crippen molar-refractivity contribution in [2.24, 2.45) is 45.6 Å². The summed E-state index contributed by atoms with van der Waals surface area (Å²) in [4.78, 5) is 0. The van der Waals surface area contributed by atoms with Crippen LogP contribution in [0.5, 0.6) is 0 Å². The zero-order chi connectivity index (χ0) is 19.9. The number of rotatable bonds is 8. The highest BCUT2D eigenvalue weighted by atomic mass is 14.9. The second kappa shape index (κ2) is 9.24. The fourth-order valence-corrected chi connectivity index (χ4v) is 3.21. The van der Waals surface area contributed by atoms with Crippen LogP contribution in [0.4, 0.5) is 0 Å². The van der Waals surface area contributed by atoms with Crippen LogP contribution in [0.1, 0.15) is 54.4 Å². The molecule has 0 aromatic heterocycles. The maximum absolute atomic E-state index is 7.55. The average molecular weight is 341 g/mol. The lowest BCUT2D eigenvalue weighted by atomic mass is 9.67. The van der Waals surface area contributed by atoms with Crippen molar-refractivity contribution in [3.63, 3.8) is 0 Å². The van der Waals surface area contributed by atoms with E-state index in [2.05, 4.69) is 0 Å². The predicted molar refractivity (Wildman–Crippen MR) is 103 cm³/mol. The second-order valence-corrected chi connectivity index (χ2v) is 6.62. The molecule has 140 valence electrons. The molecule has 0 saturated heterocycles. The van der Waals surface area contributed by atoms with E-state index >= 15 is 0 Å². The van der Waals surface area contributed by atoms with Crippen LogP contribution >= 0.6 is 0 Å². The maximum atomic E-state index is 7.55. The average Bonchev–Trinajstić information content (AvgIpc) is 2.39. The summed E-state index contributed by atoms with van der Waals surface area (Å²) in [5.74, 6) is 0.116. The highest BCUT2D eigenvalue weighted by Crippen LogP contribution is 2.35. The third kappa shape index (κ3) is 4.46. The molecule has 12 N–H and O–H groups in total. The molecule has 0 heterocycles. The third-order valence-electron chi connectivity index (χ3n) is 4.95. The topological polar surface area (TPSA) is 199 Å². The summed E-state index contributed by atoms with van der Waals surface area (Å²) in [6, 6.07) is 0. The van der Waals surface area contributed by atoms with Gasteiger partial charge in [-0.2, -0.15) is 0 Å². The van der Waals surface area contributed by atoms with Crippen LogP contribution in [0.3, 0.4) is 0 Å². The molecule has 0 aromatic carbocycles. The normalized spacial score (nSPS) is 11.7. The summed E-state index contributed by atoms with van der Waals surface area (Å²) in [6.45, 7) is 11.5. The van der Waals surface area contributed by atoms with E-state index in [1.807, 2.05) is 41.5 Å². The lowest BCUT2D eigenvalue weighted by Gasteiger charge is -2.38. The van der Waals surface area contributed by atoms with Crippen molar-refractivity contribution in [3.05, 3.63) is 0 Å². The highest BCUT2D eigenvalue weighted by Gasteiger charge is 2.43. The van der Waals surface area contributed by atoms with Crippen molar-refractivity contribution in [1.82, 2.24) is 0 Å². The van der Waals surface area contributed by atoms with E-state index in [0.29, 0.717) is 12.8 Å². The maximum Gasteiger partial charge on any atom is 0.105 e.